The summed E-state index contributed by atoms with van der Waals surface area (Å²) in [5.41, 5.74) is -1.15. The summed E-state index contributed by atoms with van der Waals surface area (Å²) in [6.45, 7) is 4.35. The molecule has 0 aromatic heterocycles. The summed E-state index contributed by atoms with van der Waals surface area (Å²) in [7, 11) is 0. The molecule has 2 N–H and O–H groups in total. The summed E-state index contributed by atoms with van der Waals surface area (Å²) < 4.78 is 39.4. The SMILES string of the molecule is CC(C)CNC(=O)c1cccc(C(=O)Nc2ccc(Cl)cc2C(F)(F)F)c1. The van der Waals surface area contributed by atoms with Crippen LogP contribution in [0, 0.1) is 5.92 Å². The zero-order chi connectivity index (χ0) is 20.2. The van der Waals surface area contributed by atoms with Crippen LogP contribution in [-0.4, -0.2) is 18.4 Å². The average molecular weight is 399 g/mol. The molecule has 0 atom stereocenters. The normalized spacial score (nSPS) is 11.4. The minimum absolute atomic E-state index is 0.0651. The van der Waals surface area contributed by atoms with Crippen molar-refractivity contribution < 1.29 is 22.8 Å². The van der Waals surface area contributed by atoms with Gasteiger partial charge in [-0.15, -0.1) is 0 Å². The highest BCUT2D eigenvalue weighted by atomic mass is 35.5. The molecule has 0 aliphatic carbocycles. The van der Waals surface area contributed by atoms with Crippen LogP contribution in [0.5, 0.6) is 0 Å². The molecule has 27 heavy (non-hydrogen) atoms. The number of benzene rings is 2. The van der Waals surface area contributed by atoms with Crippen LogP contribution in [0.4, 0.5) is 18.9 Å². The van der Waals surface area contributed by atoms with Crippen molar-refractivity contribution in [1.82, 2.24) is 5.32 Å². The van der Waals surface area contributed by atoms with E-state index in [9.17, 15) is 22.8 Å². The third-order valence-electron chi connectivity index (χ3n) is 3.59. The third-order valence-corrected chi connectivity index (χ3v) is 3.83. The molecule has 0 spiro atoms. The van der Waals surface area contributed by atoms with Gasteiger partial charge in [-0.2, -0.15) is 13.2 Å². The number of anilines is 1. The Labute approximate surface area is 159 Å². The van der Waals surface area contributed by atoms with Gasteiger partial charge in [0.2, 0.25) is 0 Å². The Morgan fingerprint density at radius 2 is 1.67 bits per heavy atom. The van der Waals surface area contributed by atoms with Crippen LogP contribution >= 0.6 is 11.6 Å². The molecule has 0 aliphatic rings. The molecule has 0 bridgehead atoms. The highest BCUT2D eigenvalue weighted by molar-refractivity contribution is 6.30. The Kier molecular flexibility index (Phi) is 6.49. The summed E-state index contributed by atoms with van der Waals surface area (Å²) in [6.07, 6.45) is -4.67. The van der Waals surface area contributed by atoms with Gasteiger partial charge in [0.15, 0.2) is 0 Å². The van der Waals surface area contributed by atoms with E-state index in [0.717, 1.165) is 12.1 Å². The zero-order valence-corrected chi connectivity index (χ0v) is 15.4. The smallest absolute Gasteiger partial charge is 0.352 e. The number of carbonyl (C=O) groups excluding carboxylic acids is 2. The second-order valence-electron chi connectivity index (χ2n) is 6.33. The summed E-state index contributed by atoms with van der Waals surface area (Å²) in [4.78, 5) is 24.5. The van der Waals surface area contributed by atoms with Crippen LogP contribution < -0.4 is 10.6 Å². The molecular weight excluding hydrogens is 381 g/mol. The Hall–Kier alpha value is -2.54. The van der Waals surface area contributed by atoms with E-state index < -0.39 is 23.3 Å². The van der Waals surface area contributed by atoms with Crippen LogP contribution in [-0.2, 0) is 6.18 Å². The Balaban J connectivity index is 2.22. The van der Waals surface area contributed by atoms with Crippen LogP contribution in [0.15, 0.2) is 42.5 Å². The van der Waals surface area contributed by atoms with Gasteiger partial charge in [0.1, 0.15) is 0 Å². The Bertz CT molecular complexity index is 851. The Morgan fingerprint density at radius 1 is 1.04 bits per heavy atom. The van der Waals surface area contributed by atoms with Gasteiger partial charge in [0, 0.05) is 22.7 Å². The molecule has 0 fully saturated rings. The van der Waals surface area contributed by atoms with Crippen molar-refractivity contribution in [2.45, 2.75) is 20.0 Å². The second-order valence-corrected chi connectivity index (χ2v) is 6.76. The van der Waals surface area contributed by atoms with Gasteiger partial charge in [-0.3, -0.25) is 9.59 Å². The van der Waals surface area contributed by atoms with Crippen molar-refractivity contribution >= 4 is 29.1 Å². The number of carbonyl (C=O) groups is 2. The summed E-state index contributed by atoms with van der Waals surface area (Å²) in [5.74, 6) is -0.867. The molecule has 2 amide bonds. The van der Waals surface area contributed by atoms with E-state index in [0.29, 0.717) is 6.54 Å². The molecule has 0 saturated heterocycles. The van der Waals surface area contributed by atoms with Gasteiger partial charge in [-0.05, 0) is 42.3 Å². The van der Waals surface area contributed by atoms with Gasteiger partial charge in [0.25, 0.3) is 11.8 Å². The summed E-state index contributed by atoms with van der Waals surface area (Å²) in [6, 6.07) is 8.84. The number of nitrogens with one attached hydrogen (secondary N) is 2. The molecule has 0 heterocycles. The molecule has 4 nitrogen and oxygen atoms in total. The maximum atomic E-state index is 13.1. The first-order valence-corrected chi connectivity index (χ1v) is 8.52. The van der Waals surface area contributed by atoms with Crippen LogP contribution in [0.25, 0.3) is 0 Å². The van der Waals surface area contributed by atoms with Crippen LogP contribution in [0.3, 0.4) is 0 Å². The molecular formula is C19H18ClF3N2O2. The van der Waals surface area contributed by atoms with Gasteiger partial charge >= 0.3 is 6.18 Å². The van der Waals surface area contributed by atoms with Gasteiger partial charge in [-0.1, -0.05) is 31.5 Å². The van der Waals surface area contributed by atoms with Crippen molar-refractivity contribution in [3.63, 3.8) is 0 Å². The highest BCUT2D eigenvalue weighted by Gasteiger charge is 2.34. The largest absolute Gasteiger partial charge is 0.418 e. The summed E-state index contributed by atoms with van der Waals surface area (Å²) >= 11 is 5.63. The fourth-order valence-electron chi connectivity index (χ4n) is 2.26. The fourth-order valence-corrected chi connectivity index (χ4v) is 2.43. The lowest BCUT2D eigenvalue weighted by molar-refractivity contribution is -0.136. The van der Waals surface area contributed by atoms with Crippen LogP contribution in [0.1, 0.15) is 40.1 Å². The van der Waals surface area contributed by atoms with E-state index in [2.05, 4.69) is 10.6 Å². The van der Waals surface area contributed by atoms with E-state index in [1.165, 1.54) is 30.3 Å². The number of hydrogen-bond acceptors (Lipinski definition) is 2. The van der Waals surface area contributed by atoms with Gasteiger partial charge in [-0.25, -0.2) is 0 Å². The van der Waals surface area contributed by atoms with E-state index in [4.69, 9.17) is 11.6 Å². The number of rotatable bonds is 5. The molecule has 2 aromatic rings. The predicted molar refractivity (Wildman–Crippen MR) is 98.0 cm³/mol. The zero-order valence-electron chi connectivity index (χ0n) is 14.7. The highest BCUT2D eigenvalue weighted by Crippen LogP contribution is 2.36. The molecule has 0 aliphatic heterocycles. The van der Waals surface area contributed by atoms with E-state index in [1.807, 2.05) is 13.8 Å². The van der Waals surface area contributed by atoms with E-state index >= 15 is 0 Å². The molecule has 8 heteroatoms. The summed E-state index contributed by atoms with van der Waals surface area (Å²) in [5, 5.41) is 4.85. The lowest BCUT2D eigenvalue weighted by Gasteiger charge is -2.14. The lowest BCUT2D eigenvalue weighted by atomic mass is 10.1. The predicted octanol–water partition coefficient (Wildman–Crippen LogP) is 5.00. The maximum Gasteiger partial charge on any atom is 0.418 e. The first-order chi connectivity index (χ1) is 12.6. The minimum atomic E-state index is -4.67. The average Bonchev–Trinajstić information content (AvgIpc) is 2.60. The molecule has 144 valence electrons. The molecule has 0 unspecified atom stereocenters. The molecule has 2 aromatic carbocycles. The number of alkyl halides is 3. The molecule has 2 rings (SSSR count). The molecule has 0 radical (unpaired) electrons. The monoisotopic (exact) mass is 398 g/mol. The quantitative estimate of drug-likeness (QED) is 0.744. The second kappa shape index (κ2) is 8.43. The van der Waals surface area contributed by atoms with E-state index in [1.54, 1.807) is 0 Å². The third kappa shape index (κ3) is 5.72. The van der Waals surface area contributed by atoms with Crippen molar-refractivity contribution in [2.24, 2.45) is 5.92 Å². The number of amides is 2. The lowest BCUT2D eigenvalue weighted by Crippen LogP contribution is -2.27. The number of hydrogen-bond donors (Lipinski definition) is 2. The molecule has 0 saturated carbocycles. The van der Waals surface area contributed by atoms with Crippen molar-refractivity contribution in [1.29, 1.82) is 0 Å². The minimum Gasteiger partial charge on any atom is -0.352 e. The van der Waals surface area contributed by atoms with Crippen molar-refractivity contribution in [3.8, 4) is 0 Å². The van der Waals surface area contributed by atoms with Gasteiger partial charge in [0.05, 0.1) is 11.3 Å². The number of halogens is 4. The fraction of sp³-hybridized carbons (Fsp3) is 0.263. The van der Waals surface area contributed by atoms with Crippen molar-refractivity contribution in [2.75, 3.05) is 11.9 Å². The first-order valence-electron chi connectivity index (χ1n) is 8.14. The topological polar surface area (TPSA) is 58.2 Å². The standard InChI is InChI=1S/C19H18ClF3N2O2/c1-11(2)10-24-17(26)12-4-3-5-13(8-12)18(27)25-16-7-6-14(20)9-15(16)19(21,22)23/h3-9,11H,10H2,1-2H3,(H,24,26)(H,25,27). The first kappa shape index (κ1) is 20.8. The van der Waals surface area contributed by atoms with Crippen molar-refractivity contribution in [3.05, 3.63) is 64.2 Å². The van der Waals surface area contributed by atoms with Crippen LogP contribution in [0.2, 0.25) is 5.02 Å². The van der Waals surface area contributed by atoms with Gasteiger partial charge < -0.3 is 10.6 Å². The van der Waals surface area contributed by atoms with E-state index in [-0.39, 0.29) is 28.0 Å². The maximum absolute atomic E-state index is 13.1. The Morgan fingerprint density at radius 3 is 2.26 bits per heavy atom.